The summed E-state index contributed by atoms with van der Waals surface area (Å²) in [5, 5.41) is 7.28. The van der Waals surface area contributed by atoms with Crippen molar-refractivity contribution in [2.45, 2.75) is 13.8 Å². The van der Waals surface area contributed by atoms with E-state index in [1.54, 1.807) is 6.20 Å². The lowest BCUT2D eigenvalue weighted by Crippen LogP contribution is -2.00. The Morgan fingerprint density at radius 2 is 1.90 bits per heavy atom. The Morgan fingerprint density at radius 3 is 2.71 bits per heavy atom. The van der Waals surface area contributed by atoms with Crippen LogP contribution in [0.1, 0.15) is 12.5 Å². The van der Waals surface area contributed by atoms with E-state index in [0.29, 0.717) is 11.7 Å². The molecule has 106 valence electrons. The van der Waals surface area contributed by atoms with Gasteiger partial charge in [-0.1, -0.05) is 29.4 Å². The van der Waals surface area contributed by atoms with E-state index in [1.807, 2.05) is 50.2 Å². The molecule has 0 unspecified atom stereocenters. The first-order chi connectivity index (χ1) is 10.3. The number of nitrogens with one attached hydrogen (secondary N) is 1. The fourth-order valence-corrected chi connectivity index (χ4v) is 2.15. The maximum atomic E-state index is 5.41. The molecule has 0 aliphatic carbocycles. The number of hydrogen-bond donors (Lipinski definition) is 1. The van der Waals surface area contributed by atoms with Gasteiger partial charge in [-0.05, 0) is 31.5 Å². The number of benzene rings is 1. The zero-order valence-corrected chi connectivity index (χ0v) is 12.0. The molecule has 3 rings (SSSR count). The number of pyridine rings is 1. The standard InChI is InChI=1S/C16H16N4O/c1-3-17-14-13(9-6-10-18-14)16-19-15(20-21-16)12-8-5-4-7-11(12)2/h4-10H,3H2,1-2H3,(H,17,18). The number of aryl methyl sites for hydroxylation is 1. The van der Waals surface area contributed by atoms with Crippen molar-refractivity contribution in [2.24, 2.45) is 0 Å². The first kappa shape index (κ1) is 13.3. The van der Waals surface area contributed by atoms with E-state index in [-0.39, 0.29) is 0 Å². The van der Waals surface area contributed by atoms with Crippen LogP contribution in [-0.2, 0) is 0 Å². The van der Waals surface area contributed by atoms with Crippen LogP contribution in [0.4, 0.5) is 5.82 Å². The van der Waals surface area contributed by atoms with Crippen LogP contribution >= 0.6 is 0 Å². The van der Waals surface area contributed by atoms with Crippen molar-refractivity contribution in [2.75, 3.05) is 11.9 Å². The number of anilines is 1. The third-order valence-electron chi connectivity index (χ3n) is 3.19. The molecule has 0 atom stereocenters. The normalized spacial score (nSPS) is 10.6. The first-order valence-electron chi connectivity index (χ1n) is 6.88. The summed E-state index contributed by atoms with van der Waals surface area (Å²) in [4.78, 5) is 8.80. The highest BCUT2D eigenvalue weighted by molar-refractivity contribution is 5.70. The van der Waals surface area contributed by atoms with Gasteiger partial charge < -0.3 is 9.84 Å². The van der Waals surface area contributed by atoms with E-state index in [4.69, 9.17) is 4.52 Å². The zero-order chi connectivity index (χ0) is 14.7. The third kappa shape index (κ3) is 2.63. The molecule has 0 spiro atoms. The van der Waals surface area contributed by atoms with E-state index >= 15 is 0 Å². The van der Waals surface area contributed by atoms with Gasteiger partial charge in [0.2, 0.25) is 5.82 Å². The molecule has 1 N–H and O–H groups in total. The molecule has 0 radical (unpaired) electrons. The molecule has 0 aliphatic heterocycles. The van der Waals surface area contributed by atoms with Gasteiger partial charge in [0, 0.05) is 18.3 Å². The molecule has 0 aliphatic rings. The van der Waals surface area contributed by atoms with Crippen LogP contribution in [-0.4, -0.2) is 21.7 Å². The number of hydrogen-bond acceptors (Lipinski definition) is 5. The Hall–Kier alpha value is -2.69. The fourth-order valence-electron chi connectivity index (χ4n) is 2.15. The van der Waals surface area contributed by atoms with Crippen LogP contribution in [0.5, 0.6) is 0 Å². The molecule has 5 heteroatoms. The SMILES string of the molecule is CCNc1ncccc1-c1nc(-c2ccccc2C)no1. The van der Waals surface area contributed by atoms with Crippen LogP contribution in [0.3, 0.4) is 0 Å². The predicted octanol–water partition coefficient (Wildman–Crippen LogP) is 3.54. The molecule has 21 heavy (non-hydrogen) atoms. The smallest absolute Gasteiger partial charge is 0.261 e. The third-order valence-corrected chi connectivity index (χ3v) is 3.19. The lowest BCUT2D eigenvalue weighted by atomic mass is 10.1. The predicted molar refractivity (Wildman–Crippen MR) is 81.9 cm³/mol. The largest absolute Gasteiger partial charge is 0.370 e. The zero-order valence-electron chi connectivity index (χ0n) is 12.0. The Balaban J connectivity index is 2.01. The molecule has 5 nitrogen and oxygen atoms in total. The van der Waals surface area contributed by atoms with Gasteiger partial charge in [-0.25, -0.2) is 4.98 Å². The van der Waals surface area contributed by atoms with E-state index in [2.05, 4.69) is 20.4 Å². The molecule has 0 saturated carbocycles. The maximum Gasteiger partial charge on any atom is 0.261 e. The van der Waals surface area contributed by atoms with E-state index < -0.39 is 0 Å². The van der Waals surface area contributed by atoms with Crippen molar-refractivity contribution in [3.8, 4) is 22.8 Å². The molecule has 0 saturated heterocycles. The van der Waals surface area contributed by atoms with Gasteiger partial charge >= 0.3 is 0 Å². The molecule has 2 aromatic heterocycles. The van der Waals surface area contributed by atoms with Crippen LogP contribution in [0, 0.1) is 6.92 Å². The molecule has 0 bridgehead atoms. The van der Waals surface area contributed by atoms with Crippen molar-refractivity contribution in [3.05, 3.63) is 48.2 Å². The first-order valence-corrected chi connectivity index (χ1v) is 6.88. The molecule has 0 amide bonds. The molecular weight excluding hydrogens is 264 g/mol. The van der Waals surface area contributed by atoms with Gasteiger partial charge in [0.1, 0.15) is 5.82 Å². The Labute approximate surface area is 123 Å². The van der Waals surface area contributed by atoms with Crippen molar-refractivity contribution in [1.29, 1.82) is 0 Å². The quantitative estimate of drug-likeness (QED) is 0.792. The highest BCUT2D eigenvalue weighted by Crippen LogP contribution is 2.27. The highest BCUT2D eigenvalue weighted by Gasteiger charge is 2.15. The van der Waals surface area contributed by atoms with Gasteiger partial charge in [-0.2, -0.15) is 4.98 Å². The average Bonchev–Trinajstić information content (AvgIpc) is 2.98. The highest BCUT2D eigenvalue weighted by atomic mass is 16.5. The van der Waals surface area contributed by atoms with Crippen molar-refractivity contribution >= 4 is 5.82 Å². The van der Waals surface area contributed by atoms with Gasteiger partial charge in [-0.15, -0.1) is 0 Å². The second kappa shape index (κ2) is 5.75. The van der Waals surface area contributed by atoms with Gasteiger partial charge in [0.25, 0.3) is 5.89 Å². The molecule has 1 aromatic carbocycles. The number of aromatic nitrogens is 3. The van der Waals surface area contributed by atoms with Crippen LogP contribution in [0.25, 0.3) is 22.8 Å². The van der Waals surface area contributed by atoms with Gasteiger partial charge in [0.15, 0.2) is 0 Å². The molecule has 0 fully saturated rings. The summed E-state index contributed by atoms with van der Waals surface area (Å²) >= 11 is 0. The average molecular weight is 280 g/mol. The molecular formula is C16H16N4O. The summed E-state index contributed by atoms with van der Waals surface area (Å²) in [6.45, 7) is 4.83. The number of nitrogens with zero attached hydrogens (tertiary/aromatic N) is 3. The summed E-state index contributed by atoms with van der Waals surface area (Å²) in [6.07, 6.45) is 1.74. The summed E-state index contributed by atoms with van der Waals surface area (Å²) in [5.41, 5.74) is 2.90. The molecule has 3 aromatic rings. The Bertz CT molecular complexity index is 751. The van der Waals surface area contributed by atoms with Gasteiger partial charge in [0.05, 0.1) is 5.56 Å². The van der Waals surface area contributed by atoms with Crippen molar-refractivity contribution in [1.82, 2.24) is 15.1 Å². The summed E-state index contributed by atoms with van der Waals surface area (Å²) < 4.78 is 5.41. The lowest BCUT2D eigenvalue weighted by Gasteiger charge is -2.04. The van der Waals surface area contributed by atoms with E-state index in [0.717, 1.165) is 29.1 Å². The van der Waals surface area contributed by atoms with E-state index in [9.17, 15) is 0 Å². The second-order valence-electron chi connectivity index (χ2n) is 4.67. The second-order valence-corrected chi connectivity index (χ2v) is 4.67. The summed E-state index contributed by atoms with van der Waals surface area (Å²) in [5.74, 6) is 1.81. The lowest BCUT2D eigenvalue weighted by molar-refractivity contribution is 0.432. The summed E-state index contributed by atoms with van der Waals surface area (Å²) in [7, 11) is 0. The minimum absolute atomic E-state index is 0.470. The van der Waals surface area contributed by atoms with Crippen LogP contribution in [0.2, 0.25) is 0 Å². The maximum absolute atomic E-state index is 5.41. The monoisotopic (exact) mass is 280 g/mol. The van der Waals surface area contributed by atoms with Crippen molar-refractivity contribution < 1.29 is 4.52 Å². The minimum atomic E-state index is 0.470. The number of rotatable bonds is 4. The van der Waals surface area contributed by atoms with Crippen molar-refractivity contribution in [3.63, 3.8) is 0 Å². The van der Waals surface area contributed by atoms with Crippen LogP contribution in [0.15, 0.2) is 47.1 Å². The Morgan fingerprint density at radius 1 is 1.10 bits per heavy atom. The topological polar surface area (TPSA) is 63.8 Å². The summed E-state index contributed by atoms with van der Waals surface area (Å²) in [6, 6.07) is 11.7. The Kier molecular flexibility index (Phi) is 3.64. The van der Waals surface area contributed by atoms with Crippen LogP contribution < -0.4 is 5.32 Å². The molecule has 2 heterocycles. The van der Waals surface area contributed by atoms with E-state index in [1.165, 1.54) is 0 Å². The van der Waals surface area contributed by atoms with Gasteiger partial charge in [-0.3, -0.25) is 0 Å². The fraction of sp³-hybridized carbons (Fsp3) is 0.188. The minimum Gasteiger partial charge on any atom is -0.370 e.